The topological polar surface area (TPSA) is 35.2 Å². The fraction of sp³-hybridized carbons (Fsp3) is 0.400. The van der Waals surface area contributed by atoms with Gasteiger partial charge in [-0.05, 0) is 37.4 Å². The van der Waals surface area contributed by atoms with E-state index in [1.165, 1.54) is 4.90 Å². The number of hydrogen-bond acceptors (Lipinski definition) is 3. The summed E-state index contributed by atoms with van der Waals surface area (Å²) in [5.41, 5.74) is 5.57. The number of thioether (sulfide) groups is 1. The number of rotatable bonds is 4. The van der Waals surface area contributed by atoms with Crippen molar-refractivity contribution in [3.63, 3.8) is 0 Å². The van der Waals surface area contributed by atoms with Gasteiger partial charge in [0.25, 0.3) is 0 Å². The third-order valence-corrected chi connectivity index (χ3v) is 2.32. The van der Waals surface area contributed by atoms with Crippen LogP contribution in [0.25, 0.3) is 0 Å². The van der Waals surface area contributed by atoms with Crippen LogP contribution in [-0.4, -0.2) is 18.9 Å². The Hall–Kier alpha value is -0.670. The Morgan fingerprint density at radius 3 is 2.46 bits per heavy atom. The van der Waals surface area contributed by atoms with Gasteiger partial charge in [0.05, 0.1) is 0 Å². The predicted octanol–water partition coefficient (Wildman–Crippen LogP) is 2.13. The van der Waals surface area contributed by atoms with Crippen LogP contribution in [0, 0.1) is 0 Å². The average Bonchev–Trinajstić information content (AvgIpc) is 2.15. The standard InChI is InChI=1S/C10H15NOS/c1-8(11)7-12-9-3-5-10(13-2)6-4-9/h3-6,8H,7,11H2,1-2H3. The van der Waals surface area contributed by atoms with Crippen LogP contribution >= 0.6 is 11.8 Å². The van der Waals surface area contributed by atoms with Gasteiger partial charge in [-0.25, -0.2) is 0 Å². The molecule has 0 aliphatic carbocycles. The molecule has 0 aromatic heterocycles. The molecule has 1 aromatic carbocycles. The molecule has 0 amide bonds. The summed E-state index contributed by atoms with van der Waals surface area (Å²) in [4.78, 5) is 1.24. The van der Waals surface area contributed by atoms with E-state index in [1.54, 1.807) is 11.8 Å². The number of benzene rings is 1. The Balaban J connectivity index is 2.49. The van der Waals surface area contributed by atoms with Crippen LogP contribution in [-0.2, 0) is 0 Å². The van der Waals surface area contributed by atoms with E-state index < -0.39 is 0 Å². The van der Waals surface area contributed by atoms with Gasteiger partial charge < -0.3 is 10.5 Å². The lowest BCUT2D eigenvalue weighted by Gasteiger charge is -2.08. The van der Waals surface area contributed by atoms with Crippen molar-refractivity contribution in [2.45, 2.75) is 17.9 Å². The molecule has 1 unspecified atom stereocenters. The Labute approximate surface area is 83.5 Å². The van der Waals surface area contributed by atoms with Crippen LogP contribution in [0.1, 0.15) is 6.92 Å². The van der Waals surface area contributed by atoms with Crippen LogP contribution in [0.5, 0.6) is 5.75 Å². The monoisotopic (exact) mass is 197 g/mol. The minimum Gasteiger partial charge on any atom is -0.492 e. The van der Waals surface area contributed by atoms with Gasteiger partial charge in [-0.15, -0.1) is 11.8 Å². The highest BCUT2D eigenvalue weighted by Crippen LogP contribution is 2.18. The van der Waals surface area contributed by atoms with Gasteiger partial charge in [0, 0.05) is 10.9 Å². The van der Waals surface area contributed by atoms with Gasteiger partial charge in [0.15, 0.2) is 0 Å². The lowest BCUT2D eigenvalue weighted by molar-refractivity contribution is 0.296. The van der Waals surface area contributed by atoms with Gasteiger partial charge in [-0.1, -0.05) is 0 Å². The molecule has 0 saturated heterocycles. The summed E-state index contributed by atoms with van der Waals surface area (Å²) in [6.45, 7) is 2.49. The highest BCUT2D eigenvalue weighted by atomic mass is 32.2. The smallest absolute Gasteiger partial charge is 0.119 e. The average molecular weight is 197 g/mol. The van der Waals surface area contributed by atoms with Crippen molar-refractivity contribution in [3.8, 4) is 5.75 Å². The van der Waals surface area contributed by atoms with Crippen molar-refractivity contribution in [2.24, 2.45) is 5.73 Å². The first kappa shape index (κ1) is 10.4. The Morgan fingerprint density at radius 1 is 1.38 bits per heavy atom. The molecule has 0 saturated carbocycles. The van der Waals surface area contributed by atoms with Crippen molar-refractivity contribution in [1.82, 2.24) is 0 Å². The van der Waals surface area contributed by atoms with Crippen molar-refractivity contribution in [1.29, 1.82) is 0 Å². The number of nitrogens with two attached hydrogens (primary N) is 1. The third-order valence-electron chi connectivity index (χ3n) is 1.57. The first-order chi connectivity index (χ1) is 6.22. The molecule has 1 atom stereocenters. The number of ether oxygens (including phenoxy) is 1. The van der Waals surface area contributed by atoms with E-state index in [-0.39, 0.29) is 6.04 Å². The predicted molar refractivity (Wildman–Crippen MR) is 57.4 cm³/mol. The van der Waals surface area contributed by atoms with Crippen LogP contribution < -0.4 is 10.5 Å². The molecule has 2 N–H and O–H groups in total. The molecular formula is C10H15NOS. The molecule has 1 aromatic rings. The summed E-state index contributed by atoms with van der Waals surface area (Å²) in [5.74, 6) is 0.884. The Morgan fingerprint density at radius 2 is 2.00 bits per heavy atom. The van der Waals surface area contributed by atoms with E-state index in [1.807, 2.05) is 31.2 Å². The van der Waals surface area contributed by atoms with E-state index in [4.69, 9.17) is 10.5 Å². The molecule has 0 heterocycles. The maximum absolute atomic E-state index is 5.57. The maximum atomic E-state index is 5.57. The molecule has 0 fully saturated rings. The highest BCUT2D eigenvalue weighted by molar-refractivity contribution is 7.98. The summed E-state index contributed by atoms with van der Waals surface area (Å²) in [6.07, 6.45) is 2.05. The van der Waals surface area contributed by atoms with Crippen molar-refractivity contribution in [2.75, 3.05) is 12.9 Å². The zero-order valence-corrected chi connectivity index (χ0v) is 8.80. The zero-order valence-electron chi connectivity index (χ0n) is 7.99. The number of hydrogen-bond donors (Lipinski definition) is 1. The molecule has 1 rings (SSSR count). The van der Waals surface area contributed by atoms with E-state index in [9.17, 15) is 0 Å². The third kappa shape index (κ3) is 3.70. The lowest BCUT2D eigenvalue weighted by atomic mass is 10.3. The SMILES string of the molecule is CSc1ccc(OCC(C)N)cc1. The quantitative estimate of drug-likeness (QED) is 0.751. The fourth-order valence-electron chi connectivity index (χ4n) is 0.900. The van der Waals surface area contributed by atoms with Gasteiger partial charge in [0.1, 0.15) is 12.4 Å². The zero-order chi connectivity index (χ0) is 9.68. The fourth-order valence-corrected chi connectivity index (χ4v) is 1.31. The normalized spacial score (nSPS) is 12.5. The highest BCUT2D eigenvalue weighted by Gasteiger charge is 1.96. The lowest BCUT2D eigenvalue weighted by Crippen LogP contribution is -2.23. The summed E-state index contributed by atoms with van der Waals surface area (Å²) >= 11 is 1.72. The van der Waals surface area contributed by atoms with Crippen molar-refractivity contribution < 1.29 is 4.74 Å². The van der Waals surface area contributed by atoms with Gasteiger partial charge in [-0.3, -0.25) is 0 Å². The maximum Gasteiger partial charge on any atom is 0.119 e. The van der Waals surface area contributed by atoms with E-state index >= 15 is 0 Å². The summed E-state index contributed by atoms with van der Waals surface area (Å²) in [6, 6.07) is 8.10. The summed E-state index contributed by atoms with van der Waals surface area (Å²) < 4.78 is 5.43. The molecular weight excluding hydrogens is 182 g/mol. The van der Waals surface area contributed by atoms with Crippen molar-refractivity contribution in [3.05, 3.63) is 24.3 Å². The molecule has 0 bridgehead atoms. The van der Waals surface area contributed by atoms with Crippen LogP contribution in [0.2, 0.25) is 0 Å². The molecule has 0 spiro atoms. The van der Waals surface area contributed by atoms with Gasteiger partial charge in [0.2, 0.25) is 0 Å². The van der Waals surface area contributed by atoms with E-state index in [2.05, 4.69) is 6.26 Å². The molecule has 0 aliphatic heterocycles. The molecule has 13 heavy (non-hydrogen) atoms. The van der Waals surface area contributed by atoms with E-state index in [0.29, 0.717) is 6.61 Å². The first-order valence-electron chi connectivity index (χ1n) is 4.25. The Bertz CT molecular complexity index is 246. The summed E-state index contributed by atoms with van der Waals surface area (Å²) in [7, 11) is 0. The molecule has 0 radical (unpaired) electrons. The van der Waals surface area contributed by atoms with Crippen LogP contribution in [0.4, 0.5) is 0 Å². The molecule has 72 valence electrons. The summed E-state index contributed by atoms with van der Waals surface area (Å²) in [5, 5.41) is 0. The second-order valence-electron chi connectivity index (χ2n) is 2.96. The van der Waals surface area contributed by atoms with Gasteiger partial charge in [-0.2, -0.15) is 0 Å². The molecule has 2 nitrogen and oxygen atoms in total. The molecule has 3 heteroatoms. The first-order valence-corrected chi connectivity index (χ1v) is 5.47. The van der Waals surface area contributed by atoms with E-state index in [0.717, 1.165) is 5.75 Å². The second kappa shape index (κ2) is 5.14. The van der Waals surface area contributed by atoms with Crippen LogP contribution in [0.3, 0.4) is 0 Å². The van der Waals surface area contributed by atoms with Crippen molar-refractivity contribution >= 4 is 11.8 Å². The second-order valence-corrected chi connectivity index (χ2v) is 3.84. The van der Waals surface area contributed by atoms with Crippen LogP contribution in [0.15, 0.2) is 29.2 Å². The molecule has 0 aliphatic rings. The Kier molecular flexibility index (Phi) is 4.12. The van der Waals surface area contributed by atoms with Gasteiger partial charge >= 0.3 is 0 Å². The minimum atomic E-state index is 0.0835. The minimum absolute atomic E-state index is 0.0835. The largest absolute Gasteiger partial charge is 0.492 e.